The van der Waals surface area contributed by atoms with Crippen molar-refractivity contribution in [2.24, 2.45) is 0 Å². The Hall–Kier alpha value is -2.77. The van der Waals surface area contributed by atoms with Crippen molar-refractivity contribution in [3.63, 3.8) is 0 Å². The molecule has 27 heavy (non-hydrogen) atoms. The second-order valence-electron chi connectivity index (χ2n) is 6.20. The Labute approximate surface area is 153 Å². The lowest BCUT2D eigenvalue weighted by molar-refractivity contribution is -0.228. The number of urea groups is 1. The largest absolute Gasteiger partial charge is 0.439 e. The van der Waals surface area contributed by atoms with Crippen LogP contribution in [0.5, 0.6) is 5.75 Å². The number of hydrogen-bond donors (Lipinski definition) is 1. The molecular formula is C19H18F4N2O2. The van der Waals surface area contributed by atoms with E-state index in [1.54, 1.807) is 18.2 Å². The van der Waals surface area contributed by atoms with Crippen molar-refractivity contribution >= 4 is 6.03 Å². The number of alkyl halides is 2. The van der Waals surface area contributed by atoms with E-state index in [0.29, 0.717) is 4.90 Å². The van der Waals surface area contributed by atoms with Crippen LogP contribution in [0, 0.1) is 11.6 Å². The fourth-order valence-electron chi connectivity index (χ4n) is 3.18. The molecule has 0 aromatic heterocycles. The molecule has 3 atom stereocenters. The van der Waals surface area contributed by atoms with E-state index in [1.807, 2.05) is 0 Å². The maximum atomic E-state index is 15.8. The van der Waals surface area contributed by atoms with Crippen LogP contribution in [0.1, 0.15) is 17.9 Å². The van der Waals surface area contributed by atoms with Crippen LogP contribution in [-0.2, 0) is 0 Å². The Kier molecular flexibility index (Phi) is 5.25. The summed E-state index contributed by atoms with van der Waals surface area (Å²) in [5.41, 5.74) is 0.0941. The maximum absolute atomic E-state index is 15.8. The average molecular weight is 382 g/mol. The first-order valence-corrected chi connectivity index (χ1v) is 8.38. The lowest BCUT2D eigenvalue weighted by Crippen LogP contribution is -2.64. The highest BCUT2D eigenvalue weighted by Gasteiger charge is 2.57. The predicted molar refractivity (Wildman–Crippen MR) is 90.7 cm³/mol. The SMILES string of the molecule is CNC(=O)N1CCC(c2ccc(F)c(F)c2)C(F)C1(F)Oc1ccccc1. The zero-order valence-corrected chi connectivity index (χ0v) is 14.5. The van der Waals surface area contributed by atoms with Crippen molar-refractivity contribution in [3.05, 3.63) is 65.7 Å². The van der Waals surface area contributed by atoms with Gasteiger partial charge < -0.3 is 10.1 Å². The van der Waals surface area contributed by atoms with Crippen LogP contribution in [0.3, 0.4) is 0 Å². The molecule has 0 radical (unpaired) electrons. The highest BCUT2D eigenvalue weighted by atomic mass is 19.2. The first-order valence-electron chi connectivity index (χ1n) is 8.38. The number of piperidine rings is 1. The third kappa shape index (κ3) is 3.56. The number of carbonyl (C=O) groups excluding carboxylic acids is 1. The molecule has 8 heteroatoms. The number of amides is 2. The van der Waals surface area contributed by atoms with Gasteiger partial charge in [0.05, 0.1) is 0 Å². The maximum Gasteiger partial charge on any atom is 0.367 e. The molecular weight excluding hydrogens is 364 g/mol. The number of nitrogens with one attached hydrogen (secondary N) is 1. The molecule has 1 aliphatic rings. The van der Waals surface area contributed by atoms with Gasteiger partial charge in [0.25, 0.3) is 0 Å². The predicted octanol–water partition coefficient (Wildman–Crippen LogP) is 4.13. The number of likely N-dealkylation sites (tertiary alicyclic amines) is 1. The van der Waals surface area contributed by atoms with Gasteiger partial charge in [0, 0.05) is 19.5 Å². The van der Waals surface area contributed by atoms with E-state index in [1.165, 1.54) is 25.2 Å². The van der Waals surface area contributed by atoms with Crippen molar-refractivity contribution in [1.82, 2.24) is 10.2 Å². The number of hydrogen-bond acceptors (Lipinski definition) is 2. The molecule has 1 saturated heterocycles. The summed E-state index contributed by atoms with van der Waals surface area (Å²) >= 11 is 0. The lowest BCUT2D eigenvalue weighted by Gasteiger charge is -2.45. The zero-order chi connectivity index (χ0) is 19.6. The minimum absolute atomic E-state index is 0.0173. The van der Waals surface area contributed by atoms with Gasteiger partial charge in [0.15, 0.2) is 17.8 Å². The van der Waals surface area contributed by atoms with Crippen LogP contribution in [0.25, 0.3) is 0 Å². The van der Waals surface area contributed by atoms with E-state index in [-0.39, 0.29) is 24.3 Å². The molecule has 2 aromatic rings. The summed E-state index contributed by atoms with van der Waals surface area (Å²) in [6.07, 6.45) is -2.31. The second kappa shape index (κ2) is 7.46. The molecule has 2 aromatic carbocycles. The summed E-state index contributed by atoms with van der Waals surface area (Å²) in [6.45, 7) is -0.174. The normalized spacial score (nSPS) is 25.1. The number of carbonyl (C=O) groups is 1. The summed E-state index contributed by atoms with van der Waals surface area (Å²) in [5.74, 6) is -6.43. The van der Waals surface area contributed by atoms with Gasteiger partial charge in [-0.05, 0) is 36.2 Å². The van der Waals surface area contributed by atoms with E-state index in [9.17, 15) is 13.6 Å². The quantitative estimate of drug-likeness (QED) is 0.641. The fraction of sp³-hybridized carbons (Fsp3) is 0.316. The standard InChI is InChI=1S/C19H18F4N2O2/c1-24-18(26)25-10-9-14(12-7-8-15(20)16(21)11-12)17(22)19(25,23)27-13-5-3-2-4-6-13/h2-8,11,14,17H,9-10H2,1H3,(H,24,26). The topological polar surface area (TPSA) is 41.6 Å². The van der Waals surface area contributed by atoms with Gasteiger partial charge >= 0.3 is 12.0 Å². The van der Waals surface area contributed by atoms with Gasteiger partial charge in [-0.25, -0.2) is 18.0 Å². The van der Waals surface area contributed by atoms with E-state index in [0.717, 1.165) is 12.1 Å². The Morgan fingerprint density at radius 1 is 1.19 bits per heavy atom. The number of rotatable bonds is 3. The molecule has 0 aliphatic carbocycles. The van der Waals surface area contributed by atoms with E-state index < -0.39 is 35.7 Å². The van der Waals surface area contributed by atoms with E-state index in [4.69, 9.17) is 4.74 Å². The minimum Gasteiger partial charge on any atom is -0.439 e. The van der Waals surface area contributed by atoms with Crippen molar-refractivity contribution in [2.45, 2.75) is 24.5 Å². The van der Waals surface area contributed by atoms with E-state index in [2.05, 4.69) is 5.32 Å². The van der Waals surface area contributed by atoms with E-state index >= 15 is 8.78 Å². The molecule has 1 N–H and O–H groups in total. The molecule has 3 rings (SSSR count). The summed E-state index contributed by atoms with van der Waals surface area (Å²) in [5, 5.41) is 2.26. The molecule has 144 valence electrons. The number of benzene rings is 2. The highest BCUT2D eigenvalue weighted by molar-refractivity contribution is 5.74. The van der Waals surface area contributed by atoms with Crippen molar-refractivity contribution in [1.29, 1.82) is 0 Å². The molecule has 0 bridgehead atoms. The van der Waals surface area contributed by atoms with Crippen LogP contribution in [0.2, 0.25) is 0 Å². The number of ether oxygens (including phenoxy) is 1. The molecule has 2 amide bonds. The van der Waals surface area contributed by atoms with Gasteiger partial charge in [0.2, 0.25) is 0 Å². The smallest absolute Gasteiger partial charge is 0.367 e. The molecule has 4 nitrogen and oxygen atoms in total. The Balaban J connectivity index is 1.97. The average Bonchev–Trinajstić information content (AvgIpc) is 2.66. The Morgan fingerprint density at radius 2 is 1.89 bits per heavy atom. The molecule has 1 fully saturated rings. The molecule has 3 unspecified atom stereocenters. The lowest BCUT2D eigenvalue weighted by atomic mass is 9.86. The van der Waals surface area contributed by atoms with Crippen LogP contribution >= 0.6 is 0 Å². The molecule has 1 heterocycles. The Bertz CT molecular complexity index is 821. The van der Waals surface area contributed by atoms with Gasteiger partial charge in [0.1, 0.15) is 5.75 Å². The van der Waals surface area contributed by atoms with Gasteiger partial charge in [-0.2, -0.15) is 4.39 Å². The number of nitrogens with zero attached hydrogens (tertiary/aromatic N) is 1. The fourth-order valence-corrected chi connectivity index (χ4v) is 3.18. The Morgan fingerprint density at radius 3 is 2.52 bits per heavy atom. The van der Waals surface area contributed by atoms with Gasteiger partial charge in [-0.1, -0.05) is 24.3 Å². The van der Waals surface area contributed by atoms with Crippen molar-refractivity contribution in [3.8, 4) is 5.75 Å². The van der Waals surface area contributed by atoms with Crippen LogP contribution in [0.4, 0.5) is 22.4 Å². The summed E-state index contributed by atoms with van der Waals surface area (Å²) in [6, 6.07) is 9.73. The van der Waals surface area contributed by atoms with Gasteiger partial charge in [-0.3, -0.25) is 4.90 Å². The third-order valence-corrected chi connectivity index (χ3v) is 4.56. The van der Waals surface area contributed by atoms with Gasteiger partial charge in [-0.15, -0.1) is 0 Å². The first-order chi connectivity index (χ1) is 12.9. The number of halogens is 4. The van der Waals surface area contributed by atoms with Crippen LogP contribution < -0.4 is 10.1 Å². The summed E-state index contributed by atoms with van der Waals surface area (Å²) < 4.78 is 63.1. The van der Waals surface area contributed by atoms with Crippen molar-refractivity contribution < 1.29 is 27.1 Å². The van der Waals surface area contributed by atoms with Crippen LogP contribution in [-0.4, -0.2) is 36.7 Å². The third-order valence-electron chi connectivity index (χ3n) is 4.56. The molecule has 0 spiro atoms. The number of para-hydroxylation sites is 1. The molecule has 0 saturated carbocycles. The molecule has 1 aliphatic heterocycles. The highest BCUT2D eigenvalue weighted by Crippen LogP contribution is 2.42. The summed E-state index contributed by atoms with van der Waals surface area (Å²) in [4.78, 5) is 12.7. The zero-order valence-electron chi connectivity index (χ0n) is 14.5. The second-order valence-corrected chi connectivity index (χ2v) is 6.20. The van der Waals surface area contributed by atoms with Crippen LogP contribution in [0.15, 0.2) is 48.5 Å². The first kappa shape index (κ1) is 19.0. The van der Waals surface area contributed by atoms with Crippen molar-refractivity contribution in [2.75, 3.05) is 13.6 Å². The minimum atomic E-state index is -3.12. The summed E-state index contributed by atoms with van der Waals surface area (Å²) in [7, 11) is 1.29. The monoisotopic (exact) mass is 382 g/mol.